The lowest BCUT2D eigenvalue weighted by atomic mass is 10.1. The summed E-state index contributed by atoms with van der Waals surface area (Å²) in [5.41, 5.74) is 0. The molecule has 0 atom stereocenters. The summed E-state index contributed by atoms with van der Waals surface area (Å²) in [6.07, 6.45) is 11.5. The summed E-state index contributed by atoms with van der Waals surface area (Å²) < 4.78 is 51.3. The van der Waals surface area contributed by atoms with Crippen LogP contribution in [0.4, 0.5) is 0 Å². The summed E-state index contributed by atoms with van der Waals surface area (Å²) in [7, 11) is -3.85. The Morgan fingerprint density at radius 2 is 0.893 bits per heavy atom. The highest BCUT2D eigenvalue weighted by atomic mass is 32.2. The van der Waals surface area contributed by atoms with Crippen molar-refractivity contribution in [3.05, 3.63) is 0 Å². The average Bonchev–Trinajstić information content (AvgIpc) is 2.65. The van der Waals surface area contributed by atoms with E-state index in [0.717, 1.165) is 13.0 Å². The molecule has 170 valence electrons. The van der Waals surface area contributed by atoms with Crippen molar-refractivity contribution in [1.82, 2.24) is 0 Å². The zero-order valence-electron chi connectivity index (χ0n) is 17.7. The topological polar surface area (TPSA) is 91.3 Å². The van der Waals surface area contributed by atoms with Crippen LogP contribution in [-0.2, 0) is 29.1 Å². The van der Waals surface area contributed by atoms with Gasteiger partial charge in [0.2, 0.25) is 0 Å². The summed E-state index contributed by atoms with van der Waals surface area (Å²) in [5.74, 6) is -0.215. The molecule has 0 aliphatic rings. The molecule has 0 bridgehead atoms. The molecule has 1 N–H and O–H groups in total. The Labute approximate surface area is 172 Å². The second-order valence-corrected chi connectivity index (χ2v) is 8.49. The van der Waals surface area contributed by atoms with E-state index >= 15 is 0 Å². The average molecular weight is 427 g/mol. The molecule has 0 saturated heterocycles. The molecular weight excluding hydrogens is 384 g/mol. The first-order chi connectivity index (χ1) is 13.6. The Balaban J connectivity index is 3.03. The van der Waals surface area contributed by atoms with E-state index in [1.54, 1.807) is 0 Å². The normalized spacial score (nSPS) is 11.9. The zero-order valence-corrected chi connectivity index (χ0v) is 18.6. The number of ether oxygens (including phenoxy) is 4. The van der Waals surface area contributed by atoms with Crippen LogP contribution in [-0.4, -0.2) is 71.6 Å². The van der Waals surface area contributed by atoms with Crippen LogP contribution in [0.2, 0.25) is 0 Å². The Bertz CT molecular complexity index is 401. The van der Waals surface area contributed by atoms with Crippen molar-refractivity contribution in [3.8, 4) is 0 Å². The minimum Gasteiger partial charge on any atom is -0.379 e. The Kier molecular flexibility index (Phi) is 21.3. The maximum Gasteiger partial charge on any atom is 0.264 e. The van der Waals surface area contributed by atoms with E-state index in [9.17, 15) is 8.42 Å². The van der Waals surface area contributed by atoms with Gasteiger partial charge in [-0.15, -0.1) is 0 Å². The maximum absolute atomic E-state index is 10.5. The molecule has 0 amide bonds. The standard InChI is InChI=1S/C20H42O7S/c1-2-3-4-5-6-7-8-9-12-24-14-16-26-18-19-27-17-15-25-13-10-11-20-28(21,22)23/h2-20H2,1H3,(H,21,22,23). The summed E-state index contributed by atoms with van der Waals surface area (Å²) in [6, 6.07) is 0. The molecule has 0 heterocycles. The fourth-order valence-corrected chi connectivity index (χ4v) is 3.16. The predicted octanol–water partition coefficient (Wildman–Crippen LogP) is 3.86. The van der Waals surface area contributed by atoms with Crippen molar-refractivity contribution in [2.75, 3.05) is 58.6 Å². The molecule has 0 unspecified atom stereocenters. The number of hydrogen-bond acceptors (Lipinski definition) is 6. The molecule has 0 aromatic carbocycles. The number of hydrogen-bond donors (Lipinski definition) is 1. The lowest BCUT2D eigenvalue weighted by molar-refractivity contribution is -0.00237. The van der Waals surface area contributed by atoms with Crippen molar-refractivity contribution in [3.63, 3.8) is 0 Å². The van der Waals surface area contributed by atoms with Gasteiger partial charge in [-0.3, -0.25) is 4.55 Å². The number of unbranched alkanes of at least 4 members (excludes halogenated alkanes) is 8. The van der Waals surface area contributed by atoms with Gasteiger partial charge in [0, 0.05) is 13.2 Å². The largest absolute Gasteiger partial charge is 0.379 e. The smallest absolute Gasteiger partial charge is 0.264 e. The summed E-state index contributed by atoms with van der Waals surface area (Å²) >= 11 is 0. The Morgan fingerprint density at radius 1 is 0.536 bits per heavy atom. The highest BCUT2D eigenvalue weighted by Crippen LogP contribution is 2.08. The highest BCUT2D eigenvalue weighted by molar-refractivity contribution is 7.85. The first-order valence-electron chi connectivity index (χ1n) is 10.8. The predicted molar refractivity (Wildman–Crippen MR) is 112 cm³/mol. The third kappa shape index (κ3) is 25.8. The van der Waals surface area contributed by atoms with Crippen molar-refractivity contribution < 1.29 is 31.9 Å². The molecule has 0 aliphatic carbocycles. The molecule has 0 aliphatic heterocycles. The van der Waals surface area contributed by atoms with E-state index < -0.39 is 10.1 Å². The maximum atomic E-state index is 10.5. The van der Waals surface area contributed by atoms with Gasteiger partial charge in [0.15, 0.2) is 0 Å². The fourth-order valence-electron chi connectivity index (χ4n) is 2.59. The van der Waals surface area contributed by atoms with Gasteiger partial charge in [-0.1, -0.05) is 51.9 Å². The van der Waals surface area contributed by atoms with Crippen LogP contribution in [0.1, 0.15) is 71.1 Å². The third-order valence-electron chi connectivity index (χ3n) is 4.20. The Morgan fingerprint density at radius 3 is 1.32 bits per heavy atom. The third-order valence-corrected chi connectivity index (χ3v) is 5.00. The van der Waals surface area contributed by atoms with E-state index in [-0.39, 0.29) is 5.75 Å². The lowest BCUT2D eigenvalue weighted by Crippen LogP contribution is -2.12. The molecule has 8 heteroatoms. The fraction of sp³-hybridized carbons (Fsp3) is 1.00. The van der Waals surface area contributed by atoms with Crippen LogP contribution in [0.5, 0.6) is 0 Å². The van der Waals surface area contributed by atoms with Gasteiger partial charge in [0.05, 0.1) is 45.4 Å². The molecule has 0 rings (SSSR count). The van der Waals surface area contributed by atoms with Crippen molar-refractivity contribution >= 4 is 10.1 Å². The van der Waals surface area contributed by atoms with E-state index in [4.69, 9.17) is 23.5 Å². The Hall–Kier alpha value is -0.250. The second kappa shape index (κ2) is 21.5. The van der Waals surface area contributed by atoms with Crippen LogP contribution in [0.3, 0.4) is 0 Å². The first kappa shape index (κ1) is 27.8. The highest BCUT2D eigenvalue weighted by Gasteiger charge is 2.02. The van der Waals surface area contributed by atoms with Crippen LogP contribution >= 0.6 is 0 Å². The monoisotopic (exact) mass is 426 g/mol. The van der Waals surface area contributed by atoms with Crippen molar-refractivity contribution in [2.24, 2.45) is 0 Å². The molecule has 0 saturated carbocycles. The molecular formula is C20H42O7S. The van der Waals surface area contributed by atoms with Gasteiger partial charge in [0.1, 0.15) is 0 Å². The molecule has 7 nitrogen and oxygen atoms in total. The molecule has 0 radical (unpaired) electrons. The van der Waals surface area contributed by atoms with Crippen molar-refractivity contribution in [2.45, 2.75) is 71.1 Å². The lowest BCUT2D eigenvalue weighted by Gasteiger charge is -2.07. The van der Waals surface area contributed by atoms with Gasteiger partial charge in [-0.2, -0.15) is 8.42 Å². The first-order valence-corrected chi connectivity index (χ1v) is 12.4. The minimum atomic E-state index is -3.85. The van der Waals surface area contributed by atoms with Gasteiger partial charge in [0.25, 0.3) is 10.1 Å². The van der Waals surface area contributed by atoms with Crippen LogP contribution in [0.15, 0.2) is 0 Å². The van der Waals surface area contributed by atoms with E-state index in [1.807, 2.05) is 0 Å². The van der Waals surface area contributed by atoms with Crippen molar-refractivity contribution in [1.29, 1.82) is 0 Å². The molecule has 0 aromatic rings. The van der Waals surface area contributed by atoms with Gasteiger partial charge >= 0.3 is 0 Å². The van der Waals surface area contributed by atoms with Gasteiger partial charge in [-0.25, -0.2) is 0 Å². The van der Waals surface area contributed by atoms with Crippen LogP contribution in [0, 0.1) is 0 Å². The van der Waals surface area contributed by atoms with Gasteiger partial charge in [-0.05, 0) is 19.3 Å². The van der Waals surface area contributed by atoms with E-state index in [0.29, 0.717) is 59.1 Å². The minimum absolute atomic E-state index is 0.215. The summed E-state index contributed by atoms with van der Waals surface area (Å²) in [5, 5.41) is 0. The second-order valence-electron chi connectivity index (χ2n) is 6.92. The zero-order chi connectivity index (χ0) is 20.8. The molecule has 0 aromatic heterocycles. The summed E-state index contributed by atoms with van der Waals surface area (Å²) in [6.45, 7) is 6.74. The quantitative estimate of drug-likeness (QED) is 0.196. The molecule has 28 heavy (non-hydrogen) atoms. The van der Waals surface area contributed by atoms with E-state index in [2.05, 4.69) is 6.92 Å². The number of rotatable bonds is 23. The molecule has 0 spiro atoms. The van der Waals surface area contributed by atoms with E-state index in [1.165, 1.54) is 44.9 Å². The van der Waals surface area contributed by atoms with Crippen LogP contribution < -0.4 is 0 Å². The SMILES string of the molecule is CCCCCCCCCCOCCOCCOCCOCCCCS(=O)(=O)O. The van der Waals surface area contributed by atoms with Crippen LogP contribution in [0.25, 0.3) is 0 Å². The molecule has 0 fully saturated rings. The van der Waals surface area contributed by atoms with Gasteiger partial charge < -0.3 is 18.9 Å². The summed E-state index contributed by atoms with van der Waals surface area (Å²) in [4.78, 5) is 0.